The number of hydrogen-bond acceptors (Lipinski definition) is 4. The molecule has 0 saturated carbocycles. The summed E-state index contributed by atoms with van der Waals surface area (Å²) >= 11 is 5.76. The Kier molecular flexibility index (Phi) is 4.95. The summed E-state index contributed by atoms with van der Waals surface area (Å²) in [5, 5.41) is 25.4. The quantitative estimate of drug-likeness (QED) is 0.675. The smallest absolute Gasteiger partial charge is 0.269 e. The Morgan fingerprint density at radius 3 is 2.50 bits per heavy atom. The van der Waals surface area contributed by atoms with Gasteiger partial charge in [0, 0.05) is 23.7 Å². The molecule has 2 rings (SSSR count). The molecule has 0 spiro atoms. The number of non-ortho nitro benzene ring substituents is 1. The summed E-state index contributed by atoms with van der Waals surface area (Å²) in [6, 6.07) is 10.3. The van der Waals surface area contributed by atoms with Gasteiger partial charge < -0.3 is 10.4 Å². The van der Waals surface area contributed by atoms with Crippen molar-refractivity contribution in [2.75, 3.05) is 0 Å². The summed E-state index contributed by atoms with van der Waals surface area (Å²) in [6.07, 6.45) is 0.139. The average Bonchev–Trinajstić information content (AvgIpc) is 2.48. The Labute approximate surface area is 131 Å². The predicted octanol–water partition coefficient (Wildman–Crippen LogP) is 2.18. The Balaban J connectivity index is 1.97. The molecule has 0 bridgehead atoms. The van der Waals surface area contributed by atoms with Gasteiger partial charge in [0.25, 0.3) is 5.69 Å². The highest BCUT2D eigenvalue weighted by molar-refractivity contribution is 6.30. The van der Waals surface area contributed by atoms with Gasteiger partial charge in [-0.05, 0) is 23.3 Å². The second-order valence-electron chi connectivity index (χ2n) is 4.63. The van der Waals surface area contributed by atoms with Crippen molar-refractivity contribution in [2.45, 2.75) is 13.0 Å². The number of nitro benzene ring substituents is 1. The highest BCUT2D eigenvalue weighted by Gasteiger charge is 2.08. The minimum absolute atomic E-state index is 0.0487. The third-order valence-corrected chi connectivity index (χ3v) is 3.26. The van der Waals surface area contributed by atoms with Crippen LogP contribution < -0.4 is 10.4 Å². The van der Waals surface area contributed by atoms with Crippen LogP contribution in [0.1, 0.15) is 11.1 Å². The lowest BCUT2D eigenvalue weighted by molar-refractivity contribution is -0.385. The number of nitrogens with zero attached hydrogens (tertiary/aromatic N) is 1. The summed E-state index contributed by atoms with van der Waals surface area (Å²) in [5.41, 5.74) is 0.781. The summed E-state index contributed by atoms with van der Waals surface area (Å²) in [4.78, 5) is 21.9. The van der Waals surface area contributed by atoms with Gasteiger partial charge in [0.1, 0.15) is 0 Å². The molecule has 0 atom stereocenters. The van der Waals surface area contributed by atoms with Crippen molar-refractivity contribution in [3.63, 3.8) is 0 Å². The van der Waals surface area contributed by atoms with E-state index in [-0.39, 0.29) is 35.9 Å². The van der Waals surface area contributed by atoms with E-state index in [1.807, 2.05) is 0 Å². The SMILES string of the molecule is O=C(Cc1ccc(Cl)cc1)NCc1cc([N+](=O)[O-])ccc1[O-]. The highest BCUT2D eigenvalue weighted by atomic mass is 35.5. The van der Waals surface area contributed by atoms with E-state index in [2.05, 4.69) is 5.32 Å². The minimum Gasteiger partial charge on any atom is -0.872 e. The number of benzene rings is 2. The predicted molar refractivity (Wildman–Crippen MR) is 79.5 cm³/mol. The zero-order chi connectivity index (χ0) is 16.1. The summed E-state index contributed by atoms with van der Waals surface area (Å²) < 4.78 is 0. The number of halogens is 1. The van der Waals surface area contributed by atoms with E-state index < -0.39 is 4.92 Å². The Morgan fingerprint density at radius 2 is 1.86 bits per heavy atom. The van der Waals surface area contributed by atoms with Gasteiger partial charge in [-0.25, -0.2) is 0 Å². The molecule has 0 aliphatic carbocycles. The lowest BCUT2D eigenvalue weighted by Gasteiger charge is -2.13. The Hall–Kier alpha value is -2.60. The summed E-state index contributed by atoms with van der Waals surface area (Å²) in [5.74, 6) is -0.634. The van der Waals surface area contributed by atoms with Crippen LogP contribution >= 0.6 is 11.6 Å². The van der Waals surface area contributed by atoms with Crippen molar-refractivity contribution < 1.29 is 14.8 Å². The van der Waals surface area contributed by atoms with Gasteiger partial charge in [-0.2, -0.15) is 0 Å². The van der Waals surface area contributed by atoms with Crippen LogP contribution in [0, 0.1) is 10.1 Å². The molecule has 22 heavy (non-hydrogen) atoms. The maximum Gasteiger partial charge on any atom is 0.269 e. The number of nitrogens with one attached hydrogen (secondary N) is 1. The standard InChI is InChI=1S/C15H13ClN2O4/c16-12-3-1-10(2-4-12)7-15(20)17-9-11-8-13(18(21)22)5-6-14(11)19/h1-6,8,19H,7,9H2,(H,17,20)/p-1. The molecule has 0 radical (unpaired) electrons. The fourth-order valence-corrected chi connectivity index (χ4v) is 1.99. The van der Waals surface area contributed by atoms with E-state index in [9.17, 15) is 20.0 Å². The van der Waals surface area contributed by atoms with Gasteiger partial charge in [0.15, 0.2) is 0 Å². The fourth-order valence-electron chi connectivity index (χ4n) is 1.86. The molecule has 0 aliphatic heterocycles. The third kappa shape index (κ3) is 4.20. The second kappa shape index (κ2) is 6.91. The van der Waals surface area contributed by atoms with Crippen LogP contribution in [0.15, 0.2) is 42.5 Å². The minimum atomic E-state index is -0.585. The van der Waals surface area contributed by atoms with Crippen molar-refractivity contribution in [2.24, 2.45) is 0 Å². The first kappa shape index (κ1) is 15.8. The van der Waals surface area contributed by atoms with E-state index in [1.54, 1.807) is 24.3 Å². The van der Waals surface area contributed by atoms with Crippen LogP contribution in [-0.2, 0) is 17.8 Å². The van der Waals surface area contributed by atoms with Gasteiger partial charge in [-0.1, -0.05) is 29.8 Å². The van der Waals surface area contributed by atoms with E-state index in [1.165, 1.54) is 6.07 Å². The maximum absolute atomic E-state index is 11.8. The van der Waals surface area contributed by atoms with Crippen LogP contribution in [-0.4, -0.2) is 10.8 Å². The van der Waals surface area contributed by atoms with Crippen LogP contribution in [0.5, 0.6) is 5.75 Å². The molecule has 0 fully saturated rings. The number of hydrogen-bond donors (Lipinski definition) is 1. The van der Waals surface area contributed by atoms with Gasteiger partial charge in [-0.3, -0.25) is 14.9 Å². The number of amides is 1. The zero-order valence-corrected chi connectivity index (χ0v) is 12.2. The largest absolute Gasteiger partial charge is 0.872 e. The molecule has 0 aromatic heterocycles. The molecule has 0 aliphatic rings. The van der Waals surface area contributed by atoms with Crippen molar-refractivity contribution in [1.29, 1.82) is 0 Å². The number of carbonyl (C=O) groups excluding carboxylic acids is 1. The van der Waals surface area contributed by atoms with Gasteiger partial charge in [0.05, 0.1) is 11.3 Å². The molecule has 0 saturated heterocycles. The van der Waals surface area contributed by atoms with Crippen LogP contribution in [0.2, 0.25) is 5.02 Å². The van der Waals surface area contributed by atoms with Crippen molar-refractivity contribution in [3.05, 3.63) is 68.7 Å². The van der Waals surface area contributed by atoms with Crippen LogP contribution in [0.3, 0.4) is 0 Å². The molecule has 2 aromatic carbocycles. The van der Waals surface area contributed by atoms with Gasteiger partial charge in [0.2, 0.25) is 5.91 Å². The molecule has 7 heteroatoms. The molecule has 6 nitrogen and oxygen atoms in total. The highest BCUT2D eigenvalue weighted by Crippen LogP contribution is 2.20. The molecule has 1 N–H and O–H groups in total. The molecular formula is C15H12ClN2O4-. The lowest BCUT2D eigenvalue weighted by Crippen LogP contribution is -2.25. The van der Waals surface area contributed by atoms with Crippen LogP contribution in [0.25, 0.3) is 0 Å². The Bertz CT molecular complexity index is 701. The molecule has 2 aromatic rings. The summed E-state index contributed by atoms with van der Waals surface area (Å²) in [7, 11) is 0. The van der Waals surface area contributed by atoms with E-state index >= 15 is 0 Å². The first-order chi connectivity index (χ1) is 10.5. The zero-order valence-electron chi connectivity index (χ0n) is 11.4. The fraction of sp³-hybridized carbons (Fsp3) is 0.133. The topological polar surface area (TPSA) is 95.3 Å². The maximum atomic E-state index is 11.8. The van der Waals surface area contributed by atoms with E-state index in [0.29, 0.717) is 5.02 Å². The molecule has 0 unspecified atom stereocenters. The van der Waals surface area contributed by atoms with Gasteiger partial charge >= 0.3 is 0 Å². The average molecular weight is 320 g/mol. The van der Waals surface area contributed by atoms with Crippen LogP contribution in [0.4, 0.5) is 5.69 Å². The van der Waals surface area contributed by atoms with Crippen molar-refractivity contribution >= 4 is 23.2 Å². The Morgan fingerprint density at radius 1 is 1.18 bits per heavy atom. The van der Waals surface area contributed by atoms with E-state index in [4.69, 9.17) is 11.6 Å². The first-order valence-electron chi connectivity index (χ1n) is 6.41. The second-order valence-corrected chi connectivity index (χ2v) is 5.07. The molecule has 1 amide bonds. The monoisotopic (exact) mass is 319 g/mol. The van der Waals surface area contributed by atoms with Gasteiger partial charge in [-0.15, -0.1) is 5.75 Å². The van der Waals surface area contributed by atoms with Crippen molar-refractivity contribution in [1.82, 2.24) is 5.32 Å². The molecule has 114 valence electrons. The number of rotatable bonds is 5. The summed E-state index contributed by atoms with van der Waals surface area (Å²) in [6.45, 7) is -0.0487. The first-order valence-corrected chi connectivity index (χ1v) is 6.79. The normalized spacial score (nSPS) is 10.2. The molecular weight excluding hydrogens is 308 g/mol. The lowest BCUT2D eigenvalue weighted by atomic mass is 10.1. The third-order valence-electron chi connectivity index (χ3n) is 3.01. The van der Waals surface area contributed by atoms with E-state index in [0.717, 1.165) is 17.7 Å². The number of carbonyl (C=O) groups is 1. The number of nitro groups is 1. The molecule has 0 heterocycles. The van der Waals surface area contributed by atoms with Crippen molar-refractivity contribution in [3.8, 4) is 5.75 Å².